The second-order valence-corrected chi connectivity index (χ2v) is 5.85. The lowest BCUT2D eigenvalue weighted by molar-refractivity contribution is 0.188. The summed E-state index contributed by atoms with van der Waals surface area (Å²) in [5, 5.41) is 13.4. The van der Waals surface area contributed by atoms with Crippen LogP contribution in [0.25, 0.3) is 10.2 Å². The number of rotatable bonds is 2. The summed E-state index contributed by atoms with van der Waals surface area (Å²) in [6.07, 6.45) is 2.51. The van der Waals surface area contributed by atoms with E-state index in [9.17, 15) is 4.79 Å². The smallest absolute Gasteiger partial charge is 0.404 e. The molecule has 0 saturated carbocycles. The number of amides is 1. The Morgan fingerprint density at radius 2 is 2.45 bits per heavy atom. The summed E-state index contributed by atoms with van der Waals surface area (Å²) < 4.78 is 1.07. The van der Waals surface area contributed by atoms with Crippen LogP contribution in [0.1, 0.15) is 12.8 Å². The van der Waals surface area contributed by atoms with E-state index in [-0.39, 0.29) is 6.04 Å². The standard InChI is InChI=1S/C13H16N4O2S/c14-9-6-15-10-3-5-20-12(10)11(9)17-4-1-2-8(7-17)16-13(18)19/h3,5-6,8,16H,1-2,4,7,14H2,(H,18,19)/t8-/m0/s1. The van der Waals surface area contributed by atoms with Crippen LogP contribution < -0.4 is 16.0 Å². The normalized spacial score (nSPS) is 19.2. The van der Waals surface area contributed by atoms with Crippen LogP contribution in [0.5, 0.6) is 0 Å². The molecule has 6 nitrogen and oxygen atoms in total. The summed E-state index contributed by atoms with van der Waals surface area (Å²) in [4.78, 5) is 17.3. The Hall–Kier alpha value is -2.02. The van der Waals surface area contributed by atoms with Crippen LogP contribution >= 0.6 is 11.3 Å². The van der Waals surface area contributed by atoms with Gasteiger partial charge in [-0.1, -0.05) is 0 Å². The van der Waals surface area contributed by atoms with Crippen molar-refractivity contribution in [1.82, 2.24) is 10.3 Å². The summed E-state index contributed by atoms with van der Waals surface area (Å²) in [5.74, 6) is 0. The molecule has 1 atom stereocenters. The zero-order valence-corrected chi connectivity index (χ0v) is 11.7. The van der Waals surface area contributed by atoms with Crippen molar-refractivity contribution in [2.24, 2.45) is 0 Å². The molecule has 0 unspecified atom stereocenters. The fourth-order valence-electron chi connectivity index (χ4n) is 2.71. The fraction of sp³-hybridized carbons (Fsp3) is 0.385. The molecule has 7 heteroatoms. The van der Waals surface area contributed by atoms with E-state index >= 15 is 0 Å². The average molecular weight is 292 g/mol. The van der Waals surface area contributed by atoms with Crippen molar-refractivity contribution in [2.75, 3.05) is 23.7 Å². The molecule has 0 bridgehead atoms. The van der Waals surface area contributed by atoms with Crippen LogP contribution in [0.2, 0.25) is 0 Å². The zero-order chi connectivity index (χ0) is 14.1. The average Bonchev–Trinajstić information content (AvgIpc) is 2.86. The van der Waals surface area contributed by atoms with Crippen LogP contribution in [0.3, 0.4) is 0 Å². The van der Waals surface area contributed by atoms with Crippen LogP contribution in [0.4, 0.5) is 16.2 Å². The van der Waals surface area contributed by atoms with Gasteiger partial charge in [-0.3, -0.25) is 4.98 Å². The Morgan fingerprint density at radius 1 is 1.60 bits per heavy atom. The predicted octanol–water partition coefficient (Wildman–Crippen LogP) is 2.11. The monoisotopic (exact) mass is 292 g/mol. The van der Waals surface area contributed by atoms with Crippen molar-refractivity contribution in [2.45, 2.75) is 18.9 Å². The number of anilines is 2. The molecule has 2 aromatic heterocycles. The number of carbonyl (C=O) groups is 1. The second-order valence-electron chi connectivity index (χ2n) is 4.93. The van der Waals surface area contributed by atoms with Gasteiger partial charge in [-0.25, -0.2) is 4.79 Å². The Balaban J connectivity index is 1.92. The first kappa shape index (κ1) is 13.0. The third kappa shape index (κ3) is 2.36. The number of nitrogen functional groups attached to an aromatic ring is 1. The van der Waals surface area contributed by atoms with Crippen molar-refractivity contribution in [3.8, 4) is 0 Å². The van der Waals surface area contributed by atoms with Gasteiger partial charge in [0.1, 0.15) is 0 Å². The molecule has 1 saturated heterocycles. The number of nitrogens with one attached hydrogen (secondary N) is 1. The Morgan fingerprint density at radius 3 is 3.25 bits per heavy atom. The fourth-order valence-corrected chi connectivity index (χ4v) is 3.64. The minimum atomic E-state index is -0.971. The number of thiophene rings is 1. The topological polar surface area (TPSA) is 91.5 Å². The van der Waals surface area contributed by atoms with Gasteiger partial charge < -0.3 is 21.1 Å². The molecule has 1 aliphatic rings. The number of hydrogen-bond acceptors (Lipinski definition) is 5. The number of fused-ring (bicyclic) bond motifs is 1. The summed E-state index contributed by atoms with van der Waals surface area (Å²) in [6.45, 7) is 1.53. The second kappa shape index (κ2) is 5.16. The molecule has 20 heavy (non-hydrogen) atoms. The van der Waals surface area contributed by atoms with Crippen molar-refractivity contribution in [3.63, 3.8) is 0 Å². The summed E-state index contributed by atoms with van der Waals surface area (Å²) in [7, 11) is 0. The number of nitrogens with two attached hydrogens (primary N) is 1. The molecular formula is C13H16N4O2S. The number of aromatic nitrogens is 1. The molecule has 3 heterocycles. The lowest BCUT2D eigenvalue weighted by Crippen LogP contribution is -2.47. The minimum Gasteiger partial charge on any atom is -0.465 e. The highest BCUT2D eigenvalue weighted by Crippen LogP contribution is 2.36. The van der Waals surface area contributed by atoms with E-state index in [1.54, 1.807) is 17.5 Å². The first-order valence-electron chi connectivity index (χ1n) is 6.51. The van der Waals surface area contributed by atoms with E-state index in [1.807, 2.05) is 11.4 Å². The van der Waals surface area contributed by atoms with Gasteiger partial charge in [-0.05, 0) is 24.3 Å². The quantitative estimate of drug-likeness (QED) is 0.788. The molecule has 1 aliphatic heterocycles. The van der Waals surface area contributed by atoms with E-state index in [4.69, 9.17) is 10.8 Å². The Bertz CT molecular complexity index is 642. The van der Waals surface area contributed by atoms with Crippen LogP contribution in [-0.4, -0.2) is 35.3 Å². The van der Waals surface area contributed by atoms with Gasteiger partial charge in [-0.15, -0.1) is 11.3 Å². The molecule has 3 rings (SSSR count). The third-order valence-corrected chi connectivity index (χ3v) is 4.45. The van der Waals surface area contributed by atoms with Crippen molar-refractivity contribution in [3.05, 3.63) is 17.6 Å². The summed E-state index contributed by atoms with van der Waals surface area (Å²) in [5.41, 5.74) is 8.66. The number of pyridine rings is 1. The Kier molecular flexibility index (Phi) is 3.35. The van der Waals surface area contributed by atoms with E-state index in [0.29, 0.717) is 12.2 Å². The maximum Gasteiger partial charge on any atom is 0.404 e. The van der Waals surface area contributed by atoms with Gasteiger partial charge in [0.05, 0.1) is 27.8 Å². The van der Waals surface area contributed by atoms with Gasteiger partial charge in [-0.2, -0.15) is 0 Å². The van der Waals surface area contributed by atoms with E-state index in [1.165, 1.54) is 0 Å². The molecule has 0 aliphatic carbocycles. The van der Waals surface area contributed by atoms with Gasteiger partial charge in [0.25, 0.3) is 0 Å². The van der Waals surface area contributed by atoms with E-state index < -0.39 is 6.09 Å². The predicted molar refractivity (Wildman–Crippen MR) is 80.4 cm³/mol. The van der Waals surface area contributed by atoms with Crippen LogP contribution in [-0.2, 0) is 0 Å². The molecule has 106 valence electrons. The first-order valence-corrected chi connectivity index (χ1v) is 7.39. The van der Waals surface area contributed by atoms with Gasteiger partial charge in [0.15, 0.2) is 0 Å². The maximum absolute atomic E-state index is 10.8. The number of piperidine rings is 1. The number of hydrogen-bond donors (Lipinski definition) is 3. The molecule has 1 amide bonds. The maximum atomic E-state index is 10.8. The molecular weight excluding hydrogens is 276 g/mol. The molecule has 0 spiro atoms. The van der Waals surface area contributed by atoms with Gasteiger partial charge in [0, 0.05) is 19.1 Å². The largest absolute Gasteiger partial charge is 0.465 e. The molecule has 0 aromatic carbocycles. The number of nitrogens with zero attached hydrogens (tertiary/aromatic N) is 2. The molecule has 4 N–H and O–H groups in total. The van der Waals surface area contributed by atoms with Crippen molar-refractivity contribution < 1.29 is 9.90 Å². The van der Waals surface area contributed by atoms with Gasteiger partial charge >= 0.3 is 6.09 Å². The SMILES string of the molecule is Nc1cnc2ccsc2c1N1CCC[C@H](NC(=O)O)C1. The zero-order valence-electron chi connectivity index (χ0n) is 10.9. The molecule has 1 fully saturated rings. The van der Waals surface area contributed by atoms with Crippen LogP contribution in [0.15, 0.2) is 17.6 Å². The summed E-state index contributed by atoms with van der Waals surface area (Å²) in [6, 6.07) is 1.92. The lowest BCUT2D eigenvalue weighted by Gasteiger charge is -2.35. The highest BCUT2D eigenvalue weighted by Gasteiger charge is 2.24. The molecule has 2 aromatic rings. The third-order valence-electron chi connectivity index (χ3n) is 3.54. The van der Waals surface area contributed by atoms with E-state index in [0.717, 1.165) is 35.3 Å². The Labute approximate surface area is 120 Å². The van der Waals surface area contributed by atoms with Gasteiger partial charge in [0.2, 0.25) is 0 Å². The first-order chi connectivity index (χ1) is 9.65. The van der Waals surface area contributed by atoms with Crippen molar-refractivity contribution >= 4 is 39.0 Å². The van der Waals surface area contributed by atoms with E-state index in [2.05, 4.69) is 15.2 Å². The van der Waals surface area contributed by atoms with Crippen LogP contribution in [0, 0.1) is 0 Å². The lowest BCUT2D eigenvalue weighted by atomic mass is 10.0. The minimum absolute atomic E-state index is 0.0520. The number of carboxylic acid groups (broad SMARTS) is 1. The highest BCUT2D eigenvalue weighted by molar-refractivity contribution is 7.17. The molecule has 0 radical (unpaired) electrons. The van der Waals surface area contributed by atoms with Crippen molar-refractivity contribution in [1.29, 1.82) is 0 Å². The summed E-state index contributed by atoms with van der Waals surface area (Å²) >= 11 is 1.62. The highest BCUT2D eigenvalue weighted by atomic mass is 32.1.